The van der Waals surface area contributed by atoms with E-state index in [1.807, 2.05) is 0 Å². The highest BCUT2D eigenvalue weighted by Crippen LogP contribution is 2.36. The maximum absolute atomic E-state index is 12.3. The van der Waals surface area contributed by atoms with Crippen molar-refractivity contribution in [3.05, 3.63) is 35.4 Å². The van der Waals surface area contributed by atoms with Crippen LogP contribution in [-0.4, -0.2) is 79.0 Å². The van der Waals surface area contributed by atoms with E-state index in [-0.39, 0.29) is 24.2 Å². The molecule has 2 aromatic carbocycles. The van der Waals surface area contributed by atoms with Crippen LogP contribution in [0.4, 0.5) is 0 Å². The Labute approximate surface area is 187 Å². The topological polar surface area (TPSA) is 209 Å². The minimum absolute atomic E-state index is 0.0201. The Bertz CT molecular complexity index is 1030. The van der Waals surface area contributed by atoms with Gasteiger partial charge in [-0.2, -0.15) is 0 Å². The summed E-state index contributed by atoms with van der Waals surface area (Å²) in [5, 5.41) is 72.5. The maximum Gasteiger partial charge on any atom is 0.251 e. The molecule has 178 valence electrons. The number of phenolic OH excluding ortho intramolecular Hbond substituents is 6. The van der Waals surface area contributed by atoms with Crippen LogP contribution in [0.25, 0.3) is 0 Å². The van der Waals surface area contributed by atoms with Gasteiger partial charge in [0, 0.05) is 30.1 Å². The van der Waals surface area contributed by atoms with Crippen molar-refractivity contribution < 1.29 is 50.1 Å². The van der Waals surface area contributed by atoms with E-state index in [0.29, 0.717) is 0 Å². The van der Waals surface area contributed by atoms with E-state index in [4.69, 9.17) is 4.74 Å². The van der Waals surface area contributed by atoms with Gasteiger partial charge < -0.3 is 51.1 Å². The summed E-state index contributed by atoms with van der Waals surface area (Å²) < 4.78 is 5.66. The lowest BCUT2D eigenvalue weighted by molar-refractivity contribution is 0.0171. The van der Waals surface area contributed by atoms with Gasteiger partial charge in [0.05, 0.1) is 12.2 Å². The Morgan fingerprint density at radius 1 is 0.788 bits per heavy atom. The Hall–Kier alpha value is -3.90. The highest BCUT2D eigenvalue weighted by Gasteiger charge is 2.41. The predicted octanol–water partition coefficient (Wildman–Crippen LogP) is -0.156. The normalized spacial score (nSPS) is 22.1. The Balaban J connectivity index is 1.57. The summed E-state index contributed by atoms with van der Waals surface area (Å²) >= 11 is 0. The molecule has 1 saturated heterocycles. The van der Waals surface area contributed by atoms with Crippen molar-refractivity contribution in [2.24, 2.45) is 5.92 Å². The molecule has 0 bridgehead atoms. The first-order valence-electron chi connectivity index (χ1n) is 9.89. The van der Waals surface area contributed by atoms with E-state index >= 15 is 0 Å². The van der Waals surface area contributed by atoms with Crippen LogP contribution in [-0.2, 0) is 4.74 Å². The molecule has 0 radical (unpaired) electrons. The van der Waals surface area contributed by atoms with Gasteiger partial charge in [-0.1, -0.05) is 0 Å². The average Bonchev–Trinajstić information content (AvgIpc) is 3.04. The fraction of sp³-hybridized carbons (Fsp3) is 0.333. The van der Waals surface area contributed by atoms with Crippen LogP contribution in [0.5, 0.6) is 34.5 Å². The van der Waals surface area contributed by atoms with Gasteiger partial charge in [-0.15, -0.1) is 0 Å². The monoisotopic (exact) mass is 464 g/mol. The molecular formula is C21H24N2O10. The smallest absolute Gasteiger partial charge is 0.251 e. The summed E-state index contributed by atoms with van der Waals surface area (Å²) in [6, 6.07) is 3.89. The summed E-state index contributed by atoms with van der Waals surface area (Å²) in [6.07, 6.45) is -2.37. The lowest BCUT2D eigenvalue weighted by Crippen LogP contribution is -2.41. The first-order valence-corrected chi connectivity index (χ1v) is 9.89. The van der Waals surface area contributed by atoms with Crippen molar-refractivity contribution in [3.63, 3.8) is 0 Å². The number of benzene rings is 2. The third-order valence-electron chi connectivity index (χ3n) is 5.44. The summed E-state index contributed by atoms with van der Waals surface area (Å²) in [5.41, 5.74) is -0.222. The second kappa shape index (κ2) is 9.30. The fourth-order valence-corrected chi connectivity index (χ4v) is 3.54. The van der Waals surface area contributed by atoms with Crippen LogP contribution in [0.3, 0.4) is 0 Å². The molecule has 0 spiro atoms. The van der Waals surface area contributed by atoms with Gasteiger partial charge >= 0.3 is 0 Å². The summed E-state index contributed by atoms with van der Waals surface area (Å²) in [6.45, 7) is 1.54. The van der Waals surface area contributed by atoms with Crippen LogP contribution in [0.1, 0.15) is 27.6 Å². The maximum atomic E-state index is 12.3. The van der Waals surface area contributed by atoms with Gasteiger partial charge in [0.15, 0.2) is 34.5 Å². The molecule has 0 saturated carbocycles. The molecule has 0 aliphatic carbocycles. The number of nitrogens with one attached hydrogen (secondary N) is 2. The molecule has 1 aliphatic rings. The van der Waals surface area contributed by atoms with Crippen LogP contribution >= 0.6 is 0 Å². The number of aliphatic hydroxyl groups is 1. The Morgan fingerprint density at radius 3 is 1.61 bits per heavy atom. The molecule has 2 amide bonds. The quantitative estimate of drug-likeness (QED) is 0.258. The number of hydrogen-bond donors (Lipinski definition) is 9. The average molecular weight is 464 g/mol. The minimum Gasteiger partial charge on any atom is -0.504 e. The van der Waals surface area contributed by atoms with Crippen molar-refractivity contribution in [2.75, 3.05) is 13.1 Å². The van der Waals surface area contributed by atoms with Crippen molar-refractivity contribution >= 4 is 11.8 Å². The first-order chi connectivity index (χ1) is 15.5. The number of phenols is 6. The molecule has 1 aliphatic heterocycles. The van der Waals surface area contributed by atoms with Crippen molar-refractivity contribution in [1.82, 2.24) is 10.6 Å². The molecular weight excluding hydrogens is 440 g/mol. The largest absolute Gasteiger partial charge is 0.504 e. The van der Waals surface area contributed by atoms with Crippen LogP contribution in [0.15, 0.2) is 24.3 Å². The predicted molar refractivity (Wildman–Crippen MR) is 111 cm³/mol. The molecule has 2 aromatic rings. The molecule has 1 heterocycles. The summed E-state index contributed by atoms with van der Waals surface area (Å²) in [7, 11) is 0. The van der Waals surface area contributed by atoms with Gasteiger partial charge in [0.2, 0.25) is 0 Å². The van der Waals surface area contributed by atoms with E-state index in [1.165, 1.54) is 0 Å². The van der Waals surface area contributed by atoms with E-state index in [2.05, 4.69) is 10.6 Å². The van der Waals surface area contributed by atoms with Gasteiger partial charge in [-0.25, -0.2) is 0 Å². The lowest BCUT2D eigenvalue weighted by atomic mass is 9.96. The number of ether oxygens (including phenoxy) is 1. The van der Waals surface area contributed by atoms with E-state index < -0.39 is 70.5 Å². The van der Waals surface area contributed by atoms with E-state index in [9.17, 15) is 45.3 Å². The van der Waals surface area contributed by atoms with Crippen LogP contribution in [0, 0.1) is 5.92 Å². The third-order valence-corrected chi connectivity index (χ3v) is 5.44. The zero-order chi connectivity index (χ0) is 24.4. The molecule has 9 N–H and O–H groups in total. The number of hydrogen-bond acceptors (Lipinski definition) is 10. The zero-order valence-corrected chi connectivity index (χ0v) is 17.4. The Kier molecular flexibility index (Phi) is 6.70. The second-order valence-corrected chi connectivity index (χ2v) is 7.68. The molecule has 33 heavy (non-hydrogen) atoms. The molecule has 3 rings (SSSR count). The standard InChI is InChI=1S/C21H24N2O10/c1-8-11(6-22-20(31)9-2-12(24)18(29)13(25)3-9)17(28)16(33-8)7-23-21(32)10-4-14(26)19(30)15(27)5-10/h2-5,8,11,16-17,24-30H,6-7H2,1H3,(H,22,31)(H,23,32)/t8?,11-,16-,17+/m1/s1. The SMILES string of the molecule is CC1O[C@H](CNC(=O)c2cc(O)c(O)c(O)c2)[C@@H](O)[C@@H]1CNC(=O)c1cc(O)c(O)c(O)c1. The molecule has 12 nitrogen and oxygen atoms in total. The van der Waals surface area contributed by atoms with E-state index in [0.717, 1.165) is 24.3 Å². The number of aromatic hydroxyl groups is 6. The highest BCUT2D eigenvalue weighted by atomic mass is 16.5. The first kappa shape index (κ1) is 23.8. The number of carbonyl (C=O) groups excluding carboxylic acids is 2. The molecule has 1 fully saturated rings. The number of aliphatic hydroxyl groups excluding tert-OH is 1. The second-order valence-electron chi connectivity index (χ2n) is 7.68. The van der Waals surface area contributed by atoms with Gasteiger partial charge in [0.1, 0.15) is 6.10 Å². The van der Waals surface area contributed by atoms with Crippen LogP contribution in [0.2, 0.25) is 0 Å². The van der Waals surface area contributed by atoms with Gasteiger partial charge in [-0.3, -0.25) is 9.59 Å². The van der Waals surface area contributed by atoms with E-state index in [1.54, 1.807) is 6.92 Å². The Morgan fingerprint density at radius 2 is 1.18 bits per heavy atom. The van der Waals surface area contributed by atoms with Crippen LogP contribution < -0.4 is 10.6 Å². The minimum atomic E-state index is -1.07. The summed E-state index contributed by atoms with van der Waals surface area (Å²) in [4.78, 5) is 24.6. The van der Waals surface area contributed by atoms with Crippen molar-refractivity contribution in [1.29, 1.82) is 0 Å². The van der Waals surface area contributed by atoms with Crippen molar-refractivity contribution in [3.8, 4) is 34.5 Å². The van der Waals surface area contributed by atoms with Gasteiger partial charge in [0.25, 0.3) is 11.8 Å². The van der Waals surface area contributed by atoms with Gasteiger partial charge in [-0.05, 0) is 31.2 Å². The number of amides is 2. The fourth-order valence-electron chi connectivity index (χ4n) is 3.54. The highest BCUT2D eigenvalue weighted by molar-refractivity contribution is 5.96. The van der Waals surface area contributed by atoms with Crippen molar-refractivity contribution in [2.45, 2.75) is 25.2 Å². The molecule has 4 atom stereocenters. The number of rotatable bonds is 6. The summed E-state index contributed by atoms with van der Waals surface area (Å²) in [5.74, 6) is -6.06. The molecule has 12 heteroatoms. The number of carbonyl (C=O) groups is 2. The molecule has 0 aromatic heterocycles. The third kappa shape index (κ3) is 4.96. The lowest BCUT2D eigenvalue weighted by Gasteiger charge is -2.19. The zero-order valence-electron chi connectivity index (χ0n) is 17.4. The molecule has 1 unspecified atom stereocenters.